The second kappa shape index (κ2) is 6.60. The van der Waals surface area contributed by atoms with Crippen molar-refractivity contribution in [3.8, 4) is 0 Å². The number of rotatable bonds is 5. The van der Waals surface area contributed by atoms with Crippen LogP contribution in [-0.4, -0.2) is 32.6 Å². The monoisotopic (exact) mass is 320 g/mol. The SMILES string of the molecule is CCCn1ncc(C(=O)N(C)[C@H](C)c2nc(C)sc2C)c1C. The second-order valence-corrected chi connectivity index (χ2v) is 7.04. The van der Waals surface area contributed by atoms with Gasteiger partial charge in [-0.3, -0.25) is 9.48 Å². The van der Waals surface area contributed by atoms with Gasteiger partial charge in [-0.1, -0.05) is 6.92 Å². The first-order chi connectivity index (χ1) is 10.4. The predicted octanol–water partition coefficient (Wildman–Crippen LogP) is 3.51. The summed E-state index contributed by atoms with van der Waals surface area (Å²) >= 11 is 1.67. The fourth-order valence-electron chi connectivity index (χ4n) is 2.58. The van der Waals surface area contributed by atoms with E-state index in [0.29, 0.717) is 5.56 Å². The first-order valence-corrected chi connectivity index (χ1v) is 8.41. The smallest absolute Gasteiger partial charge is 0.257 e. The third-order valence-corrected chi connectivity index (χ3v) is 4.91. The summed E-state index contributed by atoms with van der Waals surface area (Å²) in [5.41, 5.74) is 2.58. The van der Waals surface area contributed by atoms with E-state index in [4.69, 9.17) is 0 Å². The summed E-state index contributed by atoms with van der Waals surface area (Å²) in [5.74, 6) is -0.00240. The molecule has 0 bridgehead atoms. The van der Waals surface area contributed by atoms with Gasteiger partial charge < -0.3 is 4.90 Å². The number of thiazole rings is 1. The summed E-state index contributed by atoms with van der Waals surface area (Å²) in [4.78, 5) is 20.3. The largest absolute Gasteiger partial charge is 0.333 e. The Morgan fingerprint density at radius 1 is 1.41 bits per heavy atom. The molecule has 1 amide bonds. The Balaban J connectivity index is 2.23. The van der Waals surface area contributed by atoms with Gasteiger partial charge in [0.15, 0.2) is 0 Å². The molecule has 0 fully saturated rings. The normalized spacial score (nSPS) is 12.5. The topological polar surface area (TPSA) is 51.0 Å². The summed E-state index contributed by atoms with van der Waals surface area (Å²) in [5, 5.41) is 5.35. The van der Waals surface area contributed by atoms with Crippen LogP contribution in [0.25, 0.3) is 0 Å². The maximum Gasteiger partial charge on any atom is 0.257 e. The minimum Gasteiger partial charge on any atom is -0.333 e. The lowest BCUT2D eigenvalue weighted by Gasteiger charge is -2.24. The summed E-state index contributed by atoms with van der Waals surface area (Å²) in [7, 11) is 1.83. The molecule has 120 valence electrons. The quantitative estimate of drug-likeness (QED) is 0.847. The van der Waals surface area contributed by atoms with Crippen molar-refractivity contribution in [2.75, 3.05) is 7.05 Å². The highest BCUT2D eigenvalue weighted by atomic mass is 32.1. The Bertz CT molecular complexity index is 674. The predicted molar refractivity (Wildman–Crippen MR) is 89.4 cm³/mol. The first-order valence-electron chi connectivity index (χ1n) is 7.60. The molecule has 1 atom stereocenters. The Morgan fingerprint density at radius 2 is 2.09 bits per heavy atom. The van der Waals surface area contributed by atoms with Crippen LogP contribution in [0, 0.1) is 20.8 Å². The summed E-state index contributed by atoms with van der Waals surface area (Å²) in [6, 6.07) is -0.0497. The van der Waals surface area contributed by atoms with E-state index in [1.807, 2.05) is 32.5 Å². The van der Waals surface area contributed by atoms with Crippen molar-refractivity contribution in [1.82, 2.24) is 19.7 Å². The molecular weight excluding hydrogens is 296 g/mol. The molecule has 0 radical (unpaired) electrons. The first kappa shape index (κ1) is 16.7. The standard InChI is InChI=1S/C16H24N4OS/c1-7-8-20-10(2)14(9-17-20)16(21)19(6)11(3)15-12(4)22-13(5)18-15/h9,11H,7-8H2,1-6H3/t11-/m1/s1. The highest BCUT2D eigenvalue weighted by Gasteiger charge is 2.25. The van der Waals surface area contributed by atoms with Gasteiger partial charge in [-0.05, 0) is 34.1 Å². The molecule has 0 aromatic carbocycles. The summed E-state index contributed by atoms with van der Waals surface area (Å²) in [6.45, 7) is 11.0. The zero-order valence-corrected chi connectivity index (χ0v) is 15.0. The number of nitrogens with zero attached hydrogens (tertiary/aromatic N) is 4. The number of aromatic nitrogens is 3. The molecule has 0 saturated heterocycles. The van der Waals surface area contributed by atoms with E-state index in [-0.39, 0.29) is 11.9 Å². The molecule has 0 saturated carbocycles. The maximum absolute atomic E-state index is 12.8. The molecule has 5 nitrogen and oxygen atoms in total. The van der Waals surface area contributed by atoms with Crippen LogP contribution in [0.1, 0.15) is 57.9 Å². The van der Waals surface area contributed by atoms with Gasteiger partial charge in [-0.15, -0.1) is 11.3 Å². The van der Waals surface area contributed by atoms with Crippen molar-refractivity contribution < 1.29 is 4.79 Å². The average molecular weight is 320 g/mol. The van der Waals surface area contributed by atoms with Crippen LogP contribution in [0.15, 0.2) is 6.20 Å². The van der Waals surface area contributed by atoms with Crippen molar-refractivity contribution in [2.45, 2.75) is 53.6 Å². The highest BCUT2D eigenvalue weighted by Crippen LogP contribution is 2.27. The van der Waals surface area contributed by atoms with Gasteiger partial charge in [-0.25, -0.2) is 4.98 Å². The molecule has 2 aromatic heterocycles. The number of carbonyl (C=O) groups excluding carboxylic acids is 1. The molecule has 0 N–H and O–H groups in total. The fraction of sp³-hybridized carbons (Fsp3) is 0.562. The van der Waals surface area contributed by atoms with Gasteiger partial charge in [0.1, 0.15) is 0 Å². The number of aryl methyl sites for hydroxylation is 3. The van der Waals surface area contributed by atoms with E-state index in [2.05, 4.69) is 23.9 Å². The van der Waals surface area contributed by atoms with Gasteiger partial charge in [0.05, 0.1) is 28.5 Å². The Hall–Kier alpha value is -1.69. The lowest BCUT2D eigenvalue weighted by Crippen LogP contribution is -2.30. The molecule has 0 unspecified atom stereocenters. The highest BCUT2D eigenvalue weighted by molar-refractivity contribution is 7.11. The number of hydrogen-bond donors (Lipinski definition) is 0. The van der Waals surface area contributed by atoms with Crippen LogP contribution in [0.2, 0.25) is 0 Å². The zero-order valence-electron chi connectivity index (χ0n) is 14.2. The summed E-state index contributed by atoms with van der Waals surface area (Å²) < 4.78 is 1.89. The van der Waals surface area contributed by atoms with Crippen molar-refractivity contribution in [2.24, 2.45) is 0 Å². The third-order valence-electron chi connectivity index (χ3n) is 4.01. The second-order valence-electron chi connectivity index (χ2n) is 5.63. The Kier molecular flexibility index (Phi) is 5.01. The zero-order chi connectivity index (χ0) is 16.4. The molecule has 2 aromatic rings. The third kappa shape index (κ3) is 3.06. The number of amides is 1. The van der Waals surface area contributed by atoms with Gasteiger partial charge in [0, 0.05) is 24.2 Å². The average Bonchev–Trinajstić information content (AvgIpc) is 3.00. The lowest BCUT2D eigenvalue weighted by molar-refractivity contribution is 0.0739. The lowest BCUT2D eigenvalue weighted by atomic mass is 10.1. The summed E-state index contributed by atoms with van der Waals surface area (Å²) in [6.07, 6.45) is 2.68. The van der Waals surface area contributed by atoms with Crippen molar-refractivity contribution in [3.05, 3.63) is 33.0 Å². The van der Waals surface area contributed by atoms with Crippen LogP contribution in [0.5, 0.6) is 0 Å². The van der Waals surface area contributed by atoms with Crippen molar-refractivity contribution in [1.29, 1.82) is 0 Å². The molecular formula is C16H24N4OS. The molecule has 22 heavy (non-hydrogen) atoms. The van der Waals surface area contributed by atoms with E-state index >= 15 is 0 Å². The van der Waals surface area contributed by atoms with Crippen LogP contribution in [0.3, 0.4) is 0 Å². The molecule has 2 heterocycles. The van der Waals surface area contributed by atoms with E-state index in [9.17, 15) is 4.79 Å². The van der Waals surface area contributed by atoms with Crippen LogP contribution in [0.4, 0.5) is 0 Å². The fourth-order valence-corrected chi connectivity index (χ4v) is 3.48. The van der Waals surface area contributed by atoms with Crippen molar-refractivity contribution >= 4 is 17.2 Å². The minimum atomic E-state index is -0.0497. The van der Waals surface area contributed by atoms with Crippen LogP contribution in [-0.2, 0) is 6.54 Å². The Labute approximate surface area is 136 Å². The van der Waals surface area contributed by atoms with E-state index in [0.717, 1.165) is 29.4 Å². The molecule has 0 aliphatic carbocycles. The van der Waals surface area contributed by atoms with Gasteiger partial charge in [-0.2, -0.15) is 5.10 Å². The van der Waals surface area contributed by atoms with Gasteiger partial charge in [0.25, 0.3) is 5.91 Å². The van der Waals surface area contributed by atoms with Crippen molar-refractivity contribution in [3.63, 3.8) is 0 Å². The molecule has 0 spiro atoms. The van der Waals surface area contributed by atoms with E-state index in [1.165, 1.54) is 4.88 Å². The molecule has 0 aliphatic rings. The van der Waals surface area contributed by atoms with E-state index < -0.39 is 0 Å². The number of hydrogen-bond acceptors (Lipinski definition) is 4. The number of carbonyl (C=O) groups is 1. The van der Waals surface area contributed by atoms with Gasteiger partial charge in [0.2, 0.25) is 0 Å². The Morgan fingerprint density at radius 3 is 2.64 bits per heavy atom. The maximum atomic E-state index is 12.8. The van der Waals surface area contributed by atoms with Gasteiger partial charge >= 0.3 is 0 Å². The molecule has 2 rings (SSSR count). The van der Waals surface area contributed by atoms with Crippen LogP contribution < -0.4 is 0 Å². The molecule has 0 aliphatic heterocycles. The minimum absolute atomic E-state index is 0.00240. The van der Waals surface area contributed by atoms with E-state index in [1.54, 1.807) is 22.4 Å². The molecule has 6 heteroatoms. The van der Waals surface area contributed by atoms with Crippen LogP contribution >= 0.6 is 11.3 Å².